The SMILES string of the molecule is COc1cccc(CC(=O)N2CCCC(N)C2)c1. The Morgan fingerprint density at radius 3 is 3.11 bits per heavy atom. The zero-order valence-corrected chi connectivity index (χ0v) is 10.8. The van der Waals surface area contributed by atoms with Crippen LogP contribution in [0.25, 0.3) is 0 Å². The second-order valence-corrected chi connectivity index (χ2v) is 4.77. The molecule has 1 aromatic carbocycles. The van der Waals surface area contributed by atoms with Gasteiger partial charge in [0.25, 0.3) is 0 Å². The summed E-state index contributed by atoms with van der Waals surface area (Å²) in [6.45, 7) is 1.51. The smallest absolute Gasteiger partial charge is 0.227 e. The Morgan fingerprint density at radius 2 is 2.39 bits per heavy atom. The number of ether oxygens (including phenoxy) is 1. The monoisotopic (exact) mass is 248 g/mol. The standard InChI is InChI=1S/C14H20N2O2/c1-18-13-6-2-4-11(8-13)9-14(17)16-7-3-5-12(15)10-16/h2,4,6,8,12H,3,5,7,9-10,15H2,1H3. The second-order valence-electron chi connectivity index (χ2n) is 4.77. The van der Waals surface area contributed by atoms with Gasteiger partial charge in [-0.25, -0.2) is 0 Å². The maximum atomic E-state index is 12.1. The number of hydrogen-bond acceptors (Lipinski definition) is 3. The fraction of sp³-hybridized carbons (Fsp3) is 0.500. The van der Waals surface area contributed by atoms with Crippen LogP contribution in [0.1, 0.15) is 18.4 Å². The molecule has 0 radical (unpaired) electrons. The molecule has 4 heteroatoms. The minimum Gasteiger partial charge on any atom is -0.497 e. The van der Waals surface area contributed by atoms with Crippen LogP contribution in [0.15, 0.2) is 24.3 Å². The van der Waals surface area contributed by atoms with Gasteiger partial charge >= 0.3 is 0 Å². The van der Waals surface area contributed by atoms with Crippen molar-refractivity contribution in [1.29, 1.82) is 0 Å². The van der Waals surface area contributed by atoms with Gasteiger partial charge in [-0.2, -0.15) is 0 Å². The minimum atomic E-state index is 0.132. The van der Waals surface area contributed by atoms with Gasteiger partial charge in [-0.05, 0) is 30.5 Å². The van der Waals surface area contributed by atoms with E-state index in [1.807, 2.05) is 29.2 Å². The van der Waals surface area contributed by atoms with Crippen molar-refractivity contribution in [2.45, 2.75) is 25.3 Å². The number of rotatable bonds is 3. The maximum absolute atomic E-state index is 12.1. The summed E-state index contributed by atoms with van der Waals surface area (Å²) in [5.74, 6) is 0.939. The highest BCUT2D eigenvalue weighted by molar-refractivity contribution is 5.79. The number of hydrogen-bond donors (Lipinski definition) is 1. The molecule has 98 valence electrons. The Morgan fingerprint density at radius 1 is 1.56 bits per heavy atom. The summed E-state index contributed by atoms with van der Waals surface area (Å²) in [6.07, 6.45) is 2.44. The molecule has 0 aliphatic carbocycles. The van der Waals surface area contributed by atoms with E-state index in [0.29, 0.717) is 13.0 Å². The van der Waals surface area contributed by atoms with Crippen LogP contribution in [-0.2, 0) is 11.2 Å². The number of amides is 1. The first-order chi connectivity index (χ1) is 8.69. The molecule has 1 aliphatic heterocycles. The van der Waals surface area contributed by atoms with Gasteiger partial charge in [0.15, 0.2) is 0 Å². The van der Waals surface area contributed by atoms with E-state index in [0.717, 1.165) is 30.7 Å². The van der Waals surface area contributed by atoms with E-state index in [2.05, 4.69) is 0 Å². The summed E-state index contributed by atoms with van der Waals surface area (Å²) in [6, 6.07) is 7.77. The highest BCUT2D eigenvalue weighted by Gasteiger charge is 2.21. The third-order valence-electron chi connectivity index (χ3n) is 3.30. The Balaban J connectivity index is 1.97. The molecule has 1 heterocycles. The van der Waals surface area contributed by atoms with Crippen LogP contribution in [0.2, 0.25) is 0 Å². The molecule has 1 amide bonds. The van der Waals surface area contributed by atoms with E-state index < -0.39 is 0 Å². The molecule has 1 fully saturated rings. The van der Waals surface area contributed by atoms with Gasteiger partial charge in [0.1, 0.15) is 5.75 Å². The summed E-state index contributed by atoms with van der Waals surface area (Å²) in [5, 5.41) is 0. The van der Waals surface area contributed by atoms with E-state index in [-0.39, 0.29) is 11.9 Å². The van der Waals surface area contributed by atoms with E-state index in [4.69, 9.17) is 10.5 Å². The molecule has 0 saturated carbocycles. The summed E-state index contributed by atoms with van der Waals surface area (Å²) in [4.78, 5) is 14.0. The number of piperidine rings is 1. The number of likely N-dealkylation sites (tertiary alicyclic amines) is 1. The lowest BCUT2D eigenvalue weighted by atomic mass is 10.0. The first kappa shape index (κ1) is 12.9. The van der Waals surface area contributed by atoms with Crippen LogP contribution in [0.4, 0.5) is 0 Å². The average molecular weight is 248 g/mol. The average Bonchev–Trinajstić information content (AvgIpc) is 2.39. The molecular formula is C14H20N2O2. The summed E-state index contributed by atoms with van der Waals surface area (Å²) in [5.41, 5.74) is 6.87. The number of methoxy groups -OCH3 is 1. The van der Waals surface area contributed by atoms with Gasteiger partial charge in [-0.3, -0.25) is 4.79 Å². The van der Waals surface area contributed by atoms with Crippen LogP contribution in [0.5, 0.6) is 5.75 Å². The van der Waals surface area contributed by atoms with Crippen molar-refractivity contribution in [3.63, 3.8) is 0 Å². The molecule has 2 N–H and O–H groups in total. The van der Waals surface area contributed by atoms with E-state index >= 15 is 0 Å². The van der Waals surface area contributed by atoms with Gasteiger partial charge < -0.3 is 15.4 Å². The first-order valence-electron chi connectivity index (χ1n) is 6.35. The minimum absolute atomic E-state index is 0.132. The Hall–Kier alpha value is -1.55. The van der Waals surface area contributed by atoms with Gasteiger partial charge in [-0.1, -0.05) is 12.1 Å². The Bertz CT molecular complexity index is 420. The lowest BCUT2D eigenvalue weighted by molar-refractivity contribution is -0.131. The number of carbonyl (C=O) groups is 1. The zero-order chi connectivity index (χ0) is 13.0. The molecule has 0 aromatic heterocycles. The molecule has 18 heavy (non-hydrogen) atoms. The van der Waals surface area contributed by atoms with Crippen LogP contribution in [0.3, 0.4) is 0 Å². The summed E-state index contributed by atoms with van der Waals surface area (Å²) < 4.78 is 5.15. The lowest BCUT2D eigenvalue weighted by Crippen LogP contribution is -2.46. The van der Waals surface area contributed by atoms with Gasteiger partial charge in [0, 0.05) is 19.1 Å². The van der Waals surface area contributed by atoms with Crippen molar-refractivity contribution >= 4 is 5.91 Å². The molecule has 1 aromatic rings. The normalized spacial score (nSPS) is 19.7. The lowest BCUT2D eigenvalue weighted by Gasteiger charge is -2.30. The molecule has 1 atom stereocenters. The summed E-state index contributed by atoms with van der Waals surface area (Å²) in [7, 11) is 1.63. The maximum Gasteiger partial charge on any atom is 0.227 e. The third kappa shape index (κ3) is 3.23. The highest BCUT2D eigenvalue weighted by Crippen LogP contribution is 2.15. The van der Waals surface area contributed by atoms with Gasteiger partial charge in [0.2, 0.25) is 5.91 Å². The molecule has 1 unspecified atom stereocenters. The van der Waals surface area contributed by atoms with Crippen LogP contribution in [0, 0.1) is 0 Å². The molecule has 1 saturated heterocycles. The van der Waals surface area contributed by atoms with Crippen LogP contribution < -0.4 is 10.5 Å². The molecule has 1 aliphatic rings. The quantitative estimate of drug-likeness (QED) is 0.874. The Kier molecular flexibility index (Phi) is 4.20. The second kappa shape index (κ2) is 5.87. The molecule has 2 rings (SSSR count). The van der Waals surface area contributed by atoms with Crippen molar-refractivity contribution in [2.24, 2.45) is 5.73 Å². The fourth-order valence-electron chi connectivity index (χ4n) is 2.31. The fourth-order valence-corrected chi connectivity index (χ4v) is 2.31. The molecular weight excluding hydrogens is 228 g/mol. The molecule has 0 spiro atoms. The predicted octanol–water partition coefficient (Wildman–Crippen LogP) is 1.19. The zero-order valence-electron chi connectivity index (χ0n) is 10.8. The van der Waals surface area contributed by atoms with E-state index in [1.54, 1.807) is 7.11 Å². The largest absolute Gasteiger partial charge is 0.497 e. The first-order valence-corrected chi connectivity index (χ1v) is 6.35. The van der Waals surface area contributed by atoms with Gasteiger partial charge in [0.05, 0.1) is 13.5 Å². The molecule has 4 nitrogen and oxygen atoms in total. The van der Waals surface area contributed by atoms with Crippen LogP contribution >= 0.6 is 0 Å². The van der Waals surface area contributed by atoms with Crippen molar-refractivity contribution in [1.82, 2.24) is 4.90 Å². The molecule has 0 bridgehead atoms. The van der Waals surface area contributed by atoms with E-state index in [9.17, 15) is 4.79 Å². The van der Waals surface area contributed by atoms with Crippen molar-refractivity contribution in [3.05, 3.63) is 29.8 Å². The van der Waals surface area contributed by atoms with Crippen molar-refractivity contribution in [3.8, 4) is 5.75 Å². The number of nitrogens with two attached hydrogens (primary N) is 1. The summed E-state index contributed by atoms with van der Waals surface area (Å²) >= 11 is 0. The number of nitrogens with zero attached hydrogens (tertiary/aromatic N) is 1. The third-order valence-corrected chi connectivity index (χ3v) is 3.30. The van der Waals surface area contributed by atoms with Crippen molar-refractivity contribution < 1.29 is 9.53 Å². The van der Waals surface area contributed by atoms with Crippen LogP contribution in [-0.4, -0.2) is 37.0 Å². The number of carbonyl (C=O) groups excluding carboxylic acids is 1. The highest BCUT2D eigenvalue weighted by atomic mass is 16.5. The number of benzene rings is 1. The topological polar surface area (TPSA) is 55.6 Å². The van der Waals surface area contributed by atoms with Crippen molar-refractivity contribution in [2.75, 3.05) is 20.2 Å². The van der Waals surface area contributed by atoms with Gasteiger partial charge in [-0.15, -0.1) is 0 Å². The predicted molar refractivity (Wildman–Crippen MR) is 70.5 cm³/mol. The Labute approximate surface area is 108 Å². The van der Waals surface area contributed by atoms with E-state index in [1.165, 1.54) is 0 Å².